The average Bonchev–Trinajstić information content (AvgIpc) is 2.95. The highest BCUT2D eigenvalue weighted by atomic mass is 35.5. The Morgan fingerprint density at radius 2 is 2.00 bits per heavy atom. The van der Waals surface area contributed by atoms with Crippen molar-refractivity contribution in [2.75, 3.05) is 11.9 Å². The van der Waals surface area contributed by atoms with E-state index in [1.807, 2.05) is 0 Å². The zero-order valence-corrected chi connectivity index (χ0v) is 14.4. The van der Waals surface area contributed by atoms with Crippen LogP contribution in [0, 0.1) is 5.82 Å². The Balaban J connectivity index is 1.69. The molecule has 1 amide bonds. The van der Waals surface area contributed by atoms with Crippen LogP contribution in [0.25, 0.3) is 11.1 Å². The summed E-state index contributed by atoms with van der Waals surface area (Å²) in [4.78, 5) is 25.2. The number of anilines is 1. The maximum Gasteiger partial charge on any atom is 0.417 e. The Hall–Kier alpha value is -2.69. The third-order valence-electron chi connectivity index (χ3n) is 3.33. The van der Waals surface area contributed by atoms with Gasteiger partial charge in [-0.2, -0.15) is 0 Å². The zero-order chi connectivity index (χ0) is 18.9. The lowest BCUT2D eigenvalue weighted by atomic mass is 10.3. The predicted molar refractivity (Wildman–Crippen MR) is 92.1 cm³/mol. The summed E-state index contributed by atoms with van der Waals surface area (Å²) < 4.78 is 44.5. The number of halogens is 2. The van der Waals surface area contributed by atoms with Crippen molar-refractivity contribution in [2.45, 2.75) is 4.90 Å². The van der Waals surface area contributed by atoms with Crippen LogP contribution in [-0.4, -0.2) is 25.9 Å². The number of nitrogens with one attached hydrogen (secondary N) is 3. The Kier molecular flexibility index (Phi) is 4.81. The maximum absolute atomic E-state index is 13.1. The van der Waals surface area contributed by atoms with E-state index in [1.54, 1.807) is 0 Å². The van der Waals surface area contributed by atoms with E-state index in [0.29, 0.717) is 5.52 Å². The van der Waals surface area contributed by atoms with Crippen molar-refractivity contribution in [3.05, 3.63) is 57.8 Å². The molecule has 0 unspecified atom stereocenters. The molecular weight excluding hydrogens is 389 g/mol. The van der Waals surface area contributed by atoms with Gasteiger partial charge >= 0.3 is 5.76 Å². The summed E-state index contributed by atoms with van der Waals surface area (Å²) in [5, 5.41) is 2.21. The average molecular weight is 400 g/mol. The van der Waals surface area contributed by atoms with Gasteiger partial charge in [-0.3, -0.25) is 9.78 Å². The number of aromatic amines is 1. The lowest BCUT2D eigenvalue weighted by molar-refractivity contribution is -0.115. The quantitative estimate of drug-likeness (QED) is 0.604. The highest BCUT2D eigenvalue weighted by Gasteiger charge is 2.17. The van der Waals surface area contributed by atoms with Crippen molar-refractivity contribution in [1.29, 1.82) is 0 Å². The smallest absolute Gasteiger partial charge is 0.408 e. The number of rotatable bonds is 5. The van der Waals surface area contributed by atoms with E-state index in [1.165, 1.54) is 24.3 Å². The molecule has 3 N–H and O–H groups in total. The number of hydrogen-bond acceptors (Lipinski definition) is 5. The predicted octanol–water partition coefficient (Wildman–Crippen LogP) is 1.83. The van der Waals surface area contributed by atoms with Crippen LogP contribution in [0.4, 0.5) is 10.1 Å². The van der Waals surface area contributed by atoms with E-state index in [2.05, 4.69) is 15.0 Å². The number of hydrogen-bond donors (Lipinski definition) is 3. The molecule has 3 aromatic rings. The fraction of sp³-hybridized carbons (Fsp3) is 0.0667. The number of amides is 1. The van der Waals surface area contributed by atoms with Crippen LogP contribution in [0.15, 0.2) is 50.5 Å². The van der Waals surface area contributed by atoms with Crippen molar-refractivity contribution in [3.63, 3.8) is 0 Å². The Morgan fingerprint density at radius 3 is 2.73 bits per heavy atom. The van der Waals surface area contributed by atoms with Gasteiger partial charge in [0.2, 0.25) is 15.9 Å². The molecule has 8 nitrogen and oxygen atoms in total. The fourth-order valence-electron chi connectivity index (χ4n) is 2.12. The maximum atomic E-state index is 13.1. The second kappa shape index (κ2) is 6.90. The number of carbonyl (C=O) groups excluding carboxylic acids is 1. The van der Waals surface area contributed by atoms with Crippen molar-refractivity contribution >= 4 is 44.3 Å². The number of aromatic nitrogens is 1. The molecule has 0 radical (unpaired) electrons. The van der Waals surface area contributed by atoms with Crippen LogP contribution in [-0.2, 0) is 14.8 Å². The fourth-order valence-corrected chi connectivity index (χ4v) is 3.29. The lowest BCUT2D eigenvalue weighted by Gasteiger charge is -2.08. The molecule has 2 aromatic carbocycles. The van der Waals surface area contributed by atoms with Crippen molar-refractivity contribution in [1.82, 2.24) is 9.71 Å². The third kappa shape index (κ3) is 3.93. The first-order chi connectivity index (χ1) is 12.2. The minimum atomic E-state index is -4.02. The zero-order valence-electron chi connectivity index (χ0n) is 12.9. The Bertz CT molecular complexity index is 1160. The highest BCUT2D eigenvalue weighted by molar-refractivity contribution is 7.89. The van der Waals surface area contributed by atoms with Gasteiger partial charge in [0.25, 0.3) is 0 Å². The molecule has 1 heterocycles. The minimum Gasteiger partial charge on any atom is -0.408 e. The summed E-state index contributed by atoms with van der Waals surface area (Å²) in [6, 6.07) is 7.35. The van der Waals surface area contributed by atoms with Gasteiger partial charge in [0.1, 0.15) is 5.82 Å². The molecular formula is C15H11ClFN3O5S. The van der Waals surface area contributed by atoms with E-state index >= 15 is 0 Å². The molecule has 0 atom stereocenters. The second-order valence-corrected chi connectivity index (χ2v) is 7.35. The SMILES string of the molecule is O=C(CNS(=O)(=O)c1ccc2[nH]c(=O)oc2c1)Nc1ccc(F)c(Cl)c1. The number of carbonyl (C=O) groups is 1. The standard InChI is InChI=1S/C15H11ClFN3O5S/c16-10-5-8(1-3-11(10)17)19-14(21)7-18-26(23,24)9-2-4-12-13(6-9)25-15(22)20-12/h1-6,18H,7H2,(H,19,21)(H,20,22). The van der Waals surface area contributed by atoms with Gasteiger partial charge in [-0.1, -0.05) is 11.6 Å². The molecule has 0 saturated heterocycles. The number of oxazole rings is 1. The van der Waals surface area contributed by atoms with Crippen LogP contribution in [0.1, 0.15) is 0 Å². The molecule has 26 heavy (non-hydrogen) atoms. The second-order valence-electron chi connectivity index (χ2n) is 5.17. The van der Waals surface area contributed by atoms with E-state index in [4.69, 9.17) is 16.0 Å². The summed E-state index contributed by atoms with van der Waals surface area (Å²) in [5.41, 5.74) is 0.638. The molecule has 136 valence electrons. The Morgan fingerprint density at radius 1 is 1.23 bits per heavy atom. The van der Waals surface area contributed by atoms with E-state index in [9.17, 15) is 22.4 Å². The molecule has 3 rings (SSSR count). The molecule has 0 aliphatic carbocycles. The lowest BCUT2D eigenvalue weighted by Crippen LogP contribution is -2.32. The summed E-state index contributed by atoms with van der Waals surface area (Å²) >= 11 is 5.60. The van der Waals surface area contributed by atoms with Gasteiger partial charge in [0.15, 0.2) is 5.58 Å². The highest BCUT2D eigenvalue weighted by Crippen LogP contribution is 2.19. The molecule has 0 bridgehead atoms. The first-order valence-corrected chi connectivity index (χ1v) is 8.98. The van der Waals surface area contributed by atoms with Crippen LogP contribution < -0.4 is 15.8 Å². The van der Waals surface area contributed by atoms with Gasteiger partial charge in [-0.15, -0.1) is 0 Å². The van der Waals surface area contributed by atoms with Crippen LogP contribution in [0.5, 0.6) is 0 Å². The number of sulfonamides is 1. The molecule has 11 heteroatoms. The van der Waals surface area contributed by atoms with Crippen LogP contribution >= 0.6 is 11.6 Å². The van der Waals surface area contributed by atoms with Crippen LogP contribution in [0.2, 0.25) is 5.02 Å². The third-order valence-corrected chi connectivity index (χ3v) is 5.02. The van der Waals surface area contributed by atoms with Crippen molar-refractivity contribution in [2.24, 2.45) is 0 Å². The molecule has 0 aliphatic heterocycles. The van der Waals surface area contributed by atoms with Gasteiger partial charge in [-0.05, 0) is 30.3 Å². The van der Waals surface area contributed by atoms with E-state index in [-0.39, 0.29) is 21.2 Å². The minimum absolute atomic E-state index is 0.0725. The van der Waals surface area contributed by atoms with Gasteiger partial charge in [0, 0.05) is 11.8 Å². The largest absolute Gasteiger partial charge is 0.417 e. The molecule has 1 aromatic heterocycles. The summed E-state index contributed by atoms with van der Waals surface area (Å²) in [7, 11) is -4.02. The Labute approximate surface area is 151 Å². The molecule has 0 fully saturated rings. The normalized spacial score (nSPS) is 11.6. The van der Waals surface area contributed by atoms with Gasteiger partial charge < -0.3 is 9.73 Å². The molecule has 0 spiro atoms. The molecule has 0 aliphatic rings. The van der Waals surface area contributed by atoms with E-state index < -0.39 is 34.0 Å². The topological polar surface area (TPSA) is 121 Å². The first-order valence-electron chi connectivity index (χ1n) is 7.12. The van der Waals surface area contributed by atoms with Crippen molar-refractivity contribution < 1.29 is 22.0 Å². The number of benzene rings is 2. The number of fused-ring (bicyclic) bond motifs is 1. The van der Waals surface area contributed by atoms with E-state index in [0.717, 1.165) is 12.1 Å². The monoisotopic (exact) mass is 399 g/mol. The summed E-state index contributed by atoms with van der Waals surface area (Å²) in [6.07, 6.45) is 0. The first kappa shape index (κ1) is 18.1. The van der Waals surface area contributed by atoms with Gasteiger partial charge in [-0.25, -0.2) is 22.3 Å². The summed E-state index contributed by atoms with van der Waals surface area (Å²) in [5.74, 6) is -2.03. The van der Waals surface area contributed by atoms with Crippen molar-refractivity contribution in [3.8, 4) is 0 Å². The van der Waals surface area contributed by atoms with Crippen LogP contribution in [0.3, 0.4) is 0 Å². The summed E-state index contributed by atoms with van der Waals surface area (Å²) in [6.45, 7) is -0.563. The molecule has 0 saturated carbocycles. The van der Waals surface area contributed by atoms with Gasteiger partial charge in [0.05, 0.1) is 22.0 Å². The number of H-pyrrole nitrogens is 1.